The number of amides is 1. The zero-order chi connectivity index (χ0) is 13.2. The molecule has 6 nitrogen and oxygen atoms in total. The quantitative estimate of drug-likeness (QED) is 0.639. The molecular weight excluding hydrogens is 254 g/mol. The van der Waals surface area contributed by atoms with Crippen molar-refractivity contribution in [3.63, 3.8) is 0 Å². The second kappa shape index (κ2) is 5.05. The molecule has 1 aromatic rings. The minimum absolute atomic E-state index is 0.00790. The van der Waals surface area contributed by atoms with Crippen molar-refractivity contribution < 1.29 is 18.5 Å². The Morgan fingerprint density at radius 1 is 1.44 bits per heavy atom. The highest BCUT2D eigenvalue weighted by Crippen LogP contribution is 2.14. The molecule has 1 aliphatic carbocycles. The summed E-state index contributed by atoms with van der Waals surface area (Å²) in [6.45, 7) is 0.351. The number of carbonyl (C=O) groups is 1. The summed E-state index contributed by atoms with van der Waals surface area (Å²) in [5.41, 5.74) is 0.440. The summed E-state index contributed by atoms with van der Waals surface area (Å²) >= 11 is 0. The summed E-state index contributed by atoms with van der Waals surface area (Å²) in [4.78, 5) is 11.6. The molecule has 98 valence electrons. The monoisotopic (exact) mass is 270 g/mol. The number of nitrogens with one attached hydrogen (secondary N) is 1. The highest BCUT2D eigenvalue weighted by molar-refractivity contribution is 7.89. The van der Waals surface area contributed by atoms with Gasteiger partial charge in [-0.15, -0.1) is 0 Å². The van der Waals surface area contributed by atoms with Crippen molar-refractivity contribution in [2.75, 3.05) is 11.9 Å². The summed E-state index contributed by atoms with van der Waals surface area (Å²) in [5.74, 6) is -0.145. The van der Waals surface area contributed by atoms with Crippen LogP contribution in [0.25, 0.3) is 0 Å². The van der Waals surface area contributed by atoms with Crippen LogP contribution in [0.3, 0.4) is 0 Å². The van der Waals surface area contributed by atoms with Gasteiger partial charge in [0.05, 0.1) is 10.9 Å². The van der Waals surface area contributed by atoms with Crippen molar-refractivity contribution in [1.82, 2.24) is 0 Å². The molecule has 0 atom stereocenters. The van der Waals surface area contributed by atoms with Crippen LogP contribution in [0.1, 0.15) is 12.8 Å². The van der Waals surface area contributed by atoms with Crippen LogP contribution in [0, 0.1) is 0 Å². The molecule has 1 fully saturated rings. The van der Waals surface area contributed by atoms with Gasteiger partial charge in [-0.1, -0.05) is 6.07 Å². The molecule has 0 aliphatic heterocycles. The molecule has 1 aromatic carbocycles. The lowest BCUT2D eigenvalue weighted by atomic mass is 10.3. The number of quaternary nitrogens is 1. The molecule has 7 heteroatoms. The zero-order valence-electron chi connectivity index (χ0n) is 9.80. The normalized spacial score (nSPS) is 15.4. The fourth-order valence-electron chi connectivity index (χ4n) is 1.57. The van der Waals surface area contributed by atoms with Gasteiger partial charge in [0.1, 0.15) is 0 Å². The number of primary sulfonamides is 1. The average Bonchev–Trinajstić information content (AvgIpc) is 3.09. The molecule has 0 bridgehead atoms. The topological polar surface area (TPSA) is 106 Å². The minimum atomic E-state index is -3.74. The van der Waals surface area contributed by atoms with Crippen molar-refractivity contribution in [2.24, 2.45) is 5.14 Å². The number of carbonyl (C=O) groups excluding carboxylic acids is 1. The van der Waals surface area contributed by atoms with Gasteiger partial charge in [0.2, 0.25) is 10.0 Å². The third kappa shape index (κ3) is 3.80. The lowest BCUT2D eigenvalue weighted by Crippen LogP contribution is -2.87. The number of hydrogen-bond donors (Lipinski definition) is 3. The van der Waals surface area contributed by atoms with E-state index in [4.69, 9.17) is 5.14 Å². The molecule has 1 amide bonds. The summed E-state index contributed by atoms with van der Waals surface area (Å²) in [6, 6.07) is 6.49. The molecule has 1 aliphatic rings. The number of hydrogen-bond acceptors (Lipinski definition) is 3. The first-order chi connectivity index (χ1) is 8.45. The predicted molar refractivity (Wildman–Crippen MR) is 66.3 cm³/mol. The molecule has 0 heterocycles. The van der Waals surface area contributed by atoms with E-state index >= 15 is 0 Å². The third-order valence-electron chi connectivity index (χ3n) is 2.70. The molecule has 0 unspecified atom stereocenters. The zero-order valence-corrected chi connectivity index (χ0v) is 10.6. The van der Waals surface area contributed by atoms with Crippen LogP contribution in [-0.4, -0.2) is 26.9 Å². The van der Waals surface area contributed by atoms with E-state index in [-0.39, 0.29) is 10.8 Å². The van der Waals surface area contributed by atoms with Gasteiger partial charge in [0, 0.05) is 18.5 Å². The van der Waals surface area contributed by atoms with E-state index in [0.717, 1.165) is 12.8 Å². The second-order valence-electron chi connectivity index (χ2n) is 4.40. The molecule has 5 N–H and O–H groups in total. The Hall–Kier alpha value is -1.44. The van der Waals surface area contributed by atoms with Crippen molar-refractivity contribution in [3.8, 4) is 0 Å². The fourth-order valence-corrected chi connectivity index (χ4v) is 2.13. The highest BCUT2D eigenvalue weighted by atomic mass is 32.2. The third-order valence-corrected chi connectivity index (χ3v) is 3.62. The molecule has 0 spiro atoms. The van der Waals surface area contributed by atoms with E-state index in [0.29, 0.717) is 18.3 Å². The minimum Gasteiger partial charge on any atom is -0.336 e. The lowest BCUT2D eigenvalue weighted by Gasteiger charge is -2.05. The molecule has 0 aromatic heterocycles. The van der Waals surface area contributed by atoms with Crippen LogP contribution in [0.5, 0.6) is 0 Å². The van der Waals surface area contributed by atoms with Crippen molar-refractivity contribution in [2.45, 2.75) is 23.8 Å². The van der Waals surface area contributed by atoms with E-state index in [9.17, 15) is 13.2 Å². The van der Waals surface area contributed by atoms with Crippen molar-refractivity contribution in [3.05, 3.63) is 24.3 Å². The van der Waals surface area contributed by atoms with Gasteiger partial charge in [0.25, 0.3) is 5.91 Å². The van der Waals surface area contributed by atoms with Crippen LogP contribution >= 0.6 is 0 Å². The fraction of sp³-hybridized carbons (Fsp3) is 0.364. The number of rotatable bonds is 5. The standard InChI is InChI=1S/C11H15N3O3S/c12-18(16,17)10-3-1-2-9(6-10)14-11(15)7-13-8-4-5-8/h1-3,6,8,13H,4-5,7H2,(H,14,15)(H2,12,16,17)/p+1. The van der Waals surface area contributed by atoms with Gasteiger partial charge in [0.15, 0.2) is 6.54 Å². The summed E-state index contributed by atoms with van der Waals surface area (Å²) in [6.07, 6.45) is 2.32. The van der Waals surface area contributed by atoms with Gasteiger partial charge >= 0.3 is 0 Å². The van der Waals surface area contributed by atoms with Gasteiger partial charge < -0.3 is 10.6 Å². The van der Waals surface area contributed by atoms with E-state index in [2.05, 4.69) is 5.32 Å². The van der Waals surface area contributed by atoms with Gasteiger partial charge in [-0.2, -0.15) is 0 Å². The Morgan fingerprint density at radius 3 is 2.78 bits per heavy atom. The van der Waals surface area contributed by atoms with Crippen molar-refractivity contribution >= 4 is 21.6 Å². The SMILES string of the molecule is NS(=O)(=O)c1cccc(NC(=O)C[NH2+]C2CC2)c1. The first-order valence-corrected chi connectivity index (χ1v) is 7.26. The smallest absolute Gasteiger partial charge is 0.279 e. The Labute approximate surface area is 106 Å². The van der Waals surface area contributed by atoms with Gasteiger partial charge in [-0.3, -0.25) is 4.79 Å². The second-order valence-corrected chi connectivity index (χ2v) is 5.96. The first kappa shape index (κ1) is 13.0. The van der Waals surface area contributed by atoms with Crippen LogP contribution in [0.15, 0.2) is 29.2 Å². The van der Waals surface area contributed by atoms with Crippen molar-refractivity contribution in [1.29, 1.82) is 0 Å². The lowest BCUT2D eigenvalue weighted by molar-refractivity contribution is -0.657. The Balaban J connectivity index is 1.97. The predicted octanol–water partition coefficient (Wildman–Crippen LogP) is -1.00. The van der Waals surface area contributed by atoms with E-state index < -0.39 is 10.0 Å². The van der Waals surface area contributed by atoms with E-state index in [1.165, 1.54) is 12.1 Å². The average molecular weight is 270 g/mol. The molecule has 1 saturated carbocycles. The number of nitrogens with two attached hydrogens (primary N) is 2. The van der Waals surface area contributed by atoms with Crippen LogP contribution in [-0.2, 0) is 14.8 Å². The molecular formula is C11H16N3O3S+. The maximum Gasteiger partial charge on any atom is 0.279 e. The Bertz CT molecular complexity index is 552. The summed E-state index contributed by atoms with van der Waals surface area (Å²) in [7, 11) is -3.74. The maximum absolute atomic E-state index is 11.6. The summed E-state index contributed by atoms with van der Waals surface area (Å²) in [5, 5.41) is 9.65. The first-order valence-electron chi connectivity index (χ1n) is 5.71. The van der Waals surface area contributed by atoms with E-state index in [1.807, 2.05) is 5.32 Å². The van der Waals surface area contributed by atoms with E-state index in [1.54, 1.807) is 12.1 Å². The molecule has 0 radical (unpaired) electrons. The Morgan fingerprint density at radius 2 is 2.17 bits per heavy atom. The van der Waals surface area contributed by atoms with Gasteiger partial charge in [-0.05, 0) is 18.2 Å². The van der Waals surface area contributed by atoms with Crippen LogP contribution in [0.4, 0.5) is 5.69 Å². The summed E-state index contributed by atoms with van der Waals surface area (Å²) < 4.78 is 22.3. The maximum atomic E-state index is 11.6. The van der Waals surface area contributed by atoms with Gasteiger partial charge in [-0.25, -0.2) is 13.6 Å². The highest BCUT2D eigenvalue weighted by Gasteiger charge is 2.25. The number of anilines is 1. The van der Waals surface area contributed by atoms with Crippen LogP contribution in [0.2, 0.25) is 0 Å². The Kier molecular flexibility index (Phi) is 3.65. The number of sulfonamides is 1. The largest absolute Gasteiger partial charge is 0.336 e. The molecule has 0 saturated heterocycles. The van der Waals surface area contributed by atoms with Crippen LogP contribution < -0.4 is 15.8 Å². The molecule has 18 heavy (non-hydrogen) atoms. The number of benzene rings is 1. The molecule has 2 rings (SSSR count).